The van der Waals surface area contributed by atoms with Crippen molar-refractivity contribution in [2.75, 3.05) is 0 Å². The third-order valence-electron chi connectivity index (χ3n) is 2.41. The van der Waals surface area contributed by atoms with Crippen molar-refractivity contribution in [3.8, 4) is 0 Å². The zero-order valence-electron chi connectivity index (χ0n) is 8.93. The van der Waals surface area contributed by atoms with Crippen molar-refractivity contribution >= 4 is 58.0 Å². The highest BCUT2D eigenvalue weighted by atomic mass is 35.5. The van der Waals surface area contributed by atoms with Gasteiger partial charge in [0.15, 0.2) is 0 Å². The third-order valence-corrected chi connectivity index (χ3v) is 4.09. The Morgan fingerprint density at radius 1 is 0.667 bits per heavy atom. The van der Waals surface area contributed by atoms with E-state index in [1.54, 1.807) is 30.3 Å². The molecule has 0 bridgehead atoms. The van der Waals surface area contributed by atoms with E-state index in [0.717, 1.165) is 11.1 Å². The van der Waals surface area contributed by atoms with Crippen LogP contribution >= 0.6 is 58.0 Å². The summed E-state index contributed by atoms with van der Waals surface area (Å²) in [5.41, 5.74) is 1.65. The highest BCUT2D eigenvalue weighted by molar-refractivity contribution is 6.42. The zero-order valence-corrected chi connectivity index (χ0v) is 12.7. The summed E-state index contributed by atoms with van der Waals surface area (Å²) in [5, 5.41) is 1.67. The van der Waals surface area contributed by atoms with E-state index in [9.17, 15) is 0 Å². The lowest BCUT2D eigenvalue weighted by Crippen LogP contribution is -1.93. The SMILES string of the molecule is Clc1cc(Cl)cc(C(Cl)c2ccc(Cl)c(Cl)c2)c1. The second-order valence-corrected chi connectivity index (χ2v) is 5.86. The summed E-state index contributed by atoms with van der Waals surface area (Å²) in [6.07, 6.45) is 0. The molecule has 0 aliphatic rings. The first-order chi connectivity index (χ1) is 8.47. The molecule has 0 saturated heterocycles. The Kier molecular flexibility index (Phi) is 4.69. The first-order valence-electron chi connectivity index (χ1n) is 5.02. The fourth-order valence-electron chi connectivity index (χ4n) is 1.58. The number of hydrogen-bond acceptors (Lipinski definition) is 0. The van der Waals surface area contributed by atoms with Crippen LogP contribution in [0.1, 0.15) is 16.5 Å². The van der Waals surface area contributed by atoms with E-state index in [1.807, 2.05) is 6.07 Å². The molecule has 2 aromatic rings. The smallest absolute Gasteiger partial charge is 0.0837 e. The van der Waals surface area contributed by atoms with E-state index in [-0.39, 0.29) is 5.38 Å². The standard InChI is InChI=1S/C13H7Cl5/c14-9-3-8(4-10(15)6-9)13(18)7-1-2-11(16)12(17)5-7/h1-6,13H. The Balaban J connectivity index is 2.40. The Bertz CT molecular complexity index is 559. The summed E-state index contributed by atoms with van der Waals surface area (Å²) in [6, 6.07) is 10.5. The van der Waals surface area contributed by atoms with Crippen molar-refractivity contribution in [1.29, 1.82) is 0 Å². The van der Waals surface area contributed by atoms with E-state index in [1.165, 1.54) is 0 Å². The van der Waals surface area contributed by atoms with Gasteiger partial charge in [0.25, 0.3) is 0 Å². The lowest BCUT2D eigenvalue weighted by molar-refractivity contribution is 1.14. The molecule has 0 aromatic heterocycles. The van der Waals surface area contributed by atoms with Crippen molar-refractivity contribution in [3.05, 3.63) is 67.6 Å². The molecule has 0 N–H and O–H groups in total. The highest BCUT2D eigenvalue weighted by Gasteiger charge is 2.13. The van der Waals surface area contributed by atoms with Crippen LogP contribution in [-0.2, 0) is 0 Å². The lowest BCUT2D eigenvalue weighted by atomic mass is 10.0. The molecule has 5 heteroatoms. The van der Waals surface area contributed by atoms with E-state index in [0.29, 0.717) is 20.1 Å². The molecule has 0 heterocycles. The van der Waals surface area contributed by atoms with Gasteiger partial charge >= 0.3 is 0 Å². The molecule has 0 nitrogen and oxygen atoms in total. The summed E-state index contributed by atoms with van der Waals surface area (Å²) in [7, 11) is 0. The summed E-state index contributed by atoms with van der Waals surface area (Å²) < 4.78 is 0. The molecule has 0 aliphatic heterocycles. The van der Waals surface area contributed by atoms with Crippen molar-refractivity contribution in [3.63, 3.8) is 0 Å². The van der Waals surface area contributed by atoms with Crippen LogP contribution < -0.4 is 0 Å². The molecule has 1 unspecified atom stereocenters. The van der Waals surface area contributed by atoms with Gasteiger partial charge in [-0.25, -0.2) is 0 Å². The van der Waals surface area contributed by atoms with Gasteiger partial charge in [-0.15, -0.1) is 11.6 Å². The average molecular weight is 340 g/mol. The topological polar surface area (TPSA) is 0 Å². The maximum absolute atomic E-state index is 6.38. The lowest BCUT2D eigenvalue weighted by Gasteiger charge is -2.12. The Morgan fingerprint density at radius 3 is 1.83 bits per heavy atom. The van der Waals surface area contributed by atoms with Crippen LogP contribution in [0.5, 0.6) is 0 Å². The number of alkyl halides is 1. The number of rotatable bonds is 2. The minimum absolute atomic E-state index is 0.379. The largest absolute Gasteiger partial charge is 0.113 e. The fraction of sp³-hybridized carbons (Fsp3) is 0.0769. The van der Waals surface area contributed by atoms with Gasteiger partial charge in [-0.05, 0) is 41.5 Å². The van der Waals surface area contributed by atoms with Crippen LogP contribution in [0.3, 0.4) is 0 Å². The van der Waals surface area contributed by atoms with E-state index in [2.05, 4.69) is 0 Å². The van der Waals surface area contributed by atoms with Gasteiger partial charge in [0.2, 0.25) is 0 Å². The van der Waals surface area contributed by atoms with Gasteiger partial charge in [-0.1, -0.05) is 52.5 Å². The molecule has 94 valence electrons. The monoisotopic (exact) mass is 338 g/mol. The fourth-order valence-corrected chi connectivity index (χ4v) is 2.70. The molecule has 18 heavy (non-hydrogen) atoms. The van der Waals surface area contributed by atoms with Gasteiger partial charge in [-0.3, -0.25) is 0 Å². The zero-order chi connectivity index (χ0) is 13.3. The maximum atomic E-state index is 6.38. The highest BCUT2D eigenvalue weighted by Crippen LogP contribution is 2.35. The van der Waals surface area contributed by atoms with Crippen molar-refractivity contribution in [2.45, 2.75) is 5.38 Å². The predicted molar refractivity (Wildman–Crippen MR) is 80.6 cm³/mol. The van der Waals surface area contributed by atoms with Gasteiger partial charge in [0.1, 0.15) is 0 Å². The molecule has 0 radical (unpaired) electrons. The summed E-state index contributed by atoms with van der Waals surface area (Å²) >= 11 is 30.1. The number of hydrogen-bond donors (Lipinski definition) is 0. The molecule has 0 amide bonds. The third kappa shape index (κ3) is 3.26. The summed E-state index contributed by atoms with van der Waals surface area (Å²) in [5.74, 6) is 0. The van der Waals surface area contributed by atoms with Gasteiger partial charge < -0.3 is 0 Å². The summed E-state index contributed by atoms with van der Waals surface area (Å²) in [4.78, 5) is 0. The Hall–Kier alpha value is -0.110. The second kappa shape index (κ2) is 5.90. The van der Waals surface area contributed by atoms with E-state index < -0.39 is 0 Å². The first-order valence-corrected chi connectivity index (χ1v) is 6.97. The van der Waals surface area contributed by atoms with E-state index >= 15 is 0 Å². The predicted octanol–water partition coefficient (Wildman–Crippen LogP) is 6.63. The summed E-state index contributed by atoms with van der Waals surface area (Å²) in [6.45, 7) is 0. The Labute approximate surface area is 130 Å². The van der Waals surface area contributed by atoms with Gasteiger partial charge in [0, 0.05) is 10.0 Å². The van der Waals surface area contributed by atoms with Crippen LogP contribution in [-0.4, -0.2) is 0 Å². The van der Waals surface area contributed by atoms with Crippen LogP contribution in [0.4, 0.5) is 0 Å². The molecule has 2 rings (SSSR count). The quantitative estimate of drug-likeness (QED) is 0.538. The molecule has 0 saturated carbocycles. The number of benzene rings is 2. The van der Waals surface area contributed by atoms with Crippen molar-refractivity contribution in [2.24, 2.45) is 0 Å². The minimum atomic E-state index is -0.379. The van der Waals surface area contributed by atoms with E-state index in [4.69, 9.17) is 58.0 Å². The minimum Gasteiger partial charge on any atom is -0.113 e. The maximum Gasteiger partial charge on any atom is 0.0837 e. The Morgan fingerprint density at radius 2 is 1.28 bits per heavy atom. The van der Waals surface area contributed by atoms with Crippen molar-refractivity contribution < 1.29 is 0 Å². The van der Waals surface area contributed by atoms with Crippen LogP contribution in [0, 0.1) is 0 Å². The first kappa shape index (κ1) is 14.3. The van der Waals surface area contributed by atoms with Crippen LogP contribution in [0.25, 0.3) is 0 Å². The molecular weight excluding hydrogens is 333 g/mol. The van der Waals surface area contributed by atoms with Crippen LogP contribution in [0.15, 0.2) is 36.4 Å². The van der Waals surface area contributed by atoms with Gasteiger partial charge in [0.05, 0.1) is 15.4 Å². The molecular formula is C13H7Cl5. The molecule has 0 aliphatic carbocycles. The normalized spacial score (nSPS) is 12.5. The van der Waals surface area contributed by atoms with Gasteiger partial charge in [-0.2, -0.15) is 0 Å². The molecule has 1 atom stereocenters. The van der Waals surface area contributed by atoms with Crippen molar-refractivity contribution in [1.82, 2.24) is 0 Å². The molecule has 0 spiro atoms. The van der Waals surface area contributed by atoms with Crippen LogP contribution in [0.2, 0.25) is 20.1 Å². The molecule has 0 fully saturated rings. The molecule has 2 aromatic carbocycles. The average Bonchev–Trinajstić information content (AvgIpc) is 2.30. The number of halogens is 5. The second-order valence-electron chi connectivity index (χ2n) is 3.74.